The summed E-state index contributed by atoms with van der Waals surface area (Å²) in [6.45, 7) is 1.03. The lowest BCUT2D eigenvalue weighted by atomic mass is 9.86. The van der Waals surface area contributed by atoms with Crippen molar-refractivity contribution >= 4 is 28.3 Å². The number of nitrogens with zero attached hydrogens (tertiary/aromatic N) is 1. The maximum atomic E-state index is 13.2. The molecule has 6 heteroatoms. The molecule has 0 spiro atoms. The second kappa shape index (κ2) is 7.38. The molecule has 1 aliphatic heterocycles. The lowest BCUT2D eigenvalue weighted by Gasteiger charge is -2.30. The Labute approximate surface area is 138 Å². The number of benzene rings is 1. The summed E-state index contributed by atoms with van der Waals surface area (Å²) >= 11 is 3.39. The average Bonchev–Trinajstić information content (AvgIpc) is 2.89. The highest BCUT2D eigenvalue weighted by atomic mass is 79.9. The zero-order chi connectivity index (χ0) is 13.9. The molecular formula is C15H18BrClFN3. The van der Waals surface area contributed by atoms with Gasteiger partial charge in [-0.1, -0.05) is 18.6 Å². The molecule has 3 nitrogen and oxygen atoms in total. The second-order valence-corrected chi connectivity index (χ2v) is 6.01. The van der Waals surface area contributed by atoms with Gasteiger partial charge in [0.05, 0.1) is 5.92 Å². The molecule has 2 atom stereocenters. The predicted octanol–water partition coefficient (Wildman–Crippen LogP) is 4.01. The van der Waals surface area contributed by atoms with Crippen LogP contribution in [-0.2, 0) is 0 Å². The van der Waals surface area contributed by atoms with E-state index in [-0.39, 0.29) is 24.1 Å². The fourth-order valence-corrected chi connectivity index (χ4v) is 3.19. The van der Waals surface area contributed by atoms with Crippen LogP contribution in [0.2, 0.25) is 0 Å². The van der Waals surface area contributed by atoms with Crippen molar-refractivity contribution in [2.24, 2.45) is 0 Å². The van der Waals surface area contributed by atoms with Crippen LogP contribution < -0.4 is 5.32 Å². The first-order valence-corrected chi connectivity index (χ1v) is 7.73. The number of aromatic amines is 1. The van der Waals surface area contributed by atoms with Gasteiger partial charge in [0.2, 0.25) is 0 Å². The molecule has 0 radical (unpaired) electrons. The van der Waals surface area contributed by atoms with Gasteiger partial charge in [0.1, 0.15) is 16.2 Å². The van der Waals surface area contributed by atoms with Crippen LogP contribution in [0.1, 0.15) is 36.6 Å². The van der Waals surface area contributed by atoms with Crippen molar-refractivity contribution in [2.75, 3.05) is 6.54 Å². The minimum Gasteiger partial charge on any atom is -0.347 e. The van der Waals surface area contributed by atoms with Gasteiger partial charge in [-0.25, -0.2) is 9.37 Å². The standard InChI is InChI=1S/C15H17BrFN3.ClH/c16-13-9-19-15(20-13)14(12-3-1-2-8-18-12)10-4-6-11(17)7-5-10;/h4-7,9,12,14,18H,1-3,8H2,(H,19,20);1H/t12-,14?;/m0./s1. The van der Waals surface area contributed by atoms with Crippen LogP contribution in [0.15, 0.2) is 35.1 Å². The number of rotatable bonds is 3. The molecule has 1 aliphatic rings. The fraction of sp³-hybridized carbons (Fsp3) is 0.400. The van der Waals surface area contributed by atoms with E-state index in [4.69, 9.17) is 0 Å². The predicted molar refractivity (Wildman–Crippen MR) is 87.4 cm³/mol. The molecule has 0 saturated carbocycles. The van der Waals surface area contributed by atoms with Crippen molar-refractivity contribution in [2.45, 2.75) is 31.2 Å². The van der Waals surface area contributed by atoms with Crippen LogP contribution in [0.3, 0.4) is 0 Å². The van der Waals surface area contributed by atoms with Crippen molar-refractivity contribution in [1.82, 2.24) is 15.3 Å². The van der Waals surface area contributed by atoms with Crippen LogP contribution in [0.5, 0.6) is 0 Å². The van der Waals surface area contributed by atoms with Crippen molar-refractivity contribution in [3.05, 3.63) is 52.3 Å². The van der Waals surface area contributed by atoms with Crippen LogP contribution in [0, 0.1) is 5.82 Å². The minimum atomic E-state index is -0.204. The van der Waals surface area contributed by atoms with E-state index >= 15 is 0 Å². The lowest BCUT2D eigenvalue weighted by molar-refractivity contribution is 0.366. The van der Waals surface area contributed by atoms with Gasteiger partial charge in [0.15, 0.2) is 0 Å². The maximum Gasteiger partial charge on any atom is 0.124 e. The van der Waals surface area contributed by atoms with Crippen molar-refractivity contribution in [3.8, 4) is 0 Å². The van der Waals surface area contributed by atoms with Crippen LogP contribution >= 0.6 is 28.3 Å². The van der Waals surface area contributed by atoms with E-state index < -0.39 is 0 Å². The van der Waals surface area contributed by atoms with Crippen molar-refractivity contribution in [1.29, 1.82) is 0 Å². The number of piperidine rings is 1. The third-order valence-electron chi connectivity index (χ3n) is 3.84. The summed E-state index contributed by atoms with van der Waals surface area (Å²) in [5.41, 5.74) is 1.09. The topological polar surface area (TPSA) is 40.7 Å². The Balaban J connectivity index is 0.00000161. The van der Waals surface area contributed by atoms with Gasteiger partial charge in [0, 0.05) is 12.2 Å². The number of aromatic nitrogens is 2. The molecule has 21 heavy (non-hydrogen) atoms. The quantitative estimate of drug-likeness (QED) is 0.852. The summed E-state index contributed by atoms with van der Waals surface area (Å²) in [4.78, 5) is 7.74. The SMILES string of the molecule is Cl.Fc1ccc(C(c2nc(Br)c[nH]2)[C@@H]2CCCCN2)cc1. The molecule has 0 aliphatic carbocycles. The molecule has 1 aromatic heterocycles. The van der Waals surface area contributed by atoms with E-state index in [1.165, 1.54) is 25.0 Å². The lowest BCUT2D eigenvalue weighted by Crippen LogP contribution is -2.39. The Hall–Kier alpha value is -0.910. The third kappa shape index (κ3) is 3.84. The summed E-state index contributed by atoms with van der Waals surface area (Å²) < 4.78 is 14.0. The van der Waals surface area contributed by atoms with Crippen LogP contribution in [-0.4, -0.2) is 22.6 Å². The minimum absolute atomic E-state index is 0. The van der Waals surface area contributed by atoms with E-state index in [1.807, 2.05) is 18.3 Å². The molecular weight excluding hydrogens is 357 g/mol. The van der Waals surface area contributed by atoms with Gasteiger partial charge in [-0.3, -0.25) is 0 Å². The summed E-state index contributed by atoms with van der Waals surface area (Å²) in [5, 5.41) is 3.57. The number of H-pyrrole nitrogens is 1. The number of halogens is 3. The molecule has 0 amide bonds. The second-order valence-electron chi connectivity index (χ2n) is 5.19. The van der Waals surface area contributed by atoms with Gasteiger partial charge in [-0.15, -0.1) is 12.4 Å². The highest BCUT2D eigenvalue weighted by molar-refractivity contribution is 9.10. The first-order chi connectivity index (χ1) is 9.74. The van der Waals surface area contributed by atoms with E-state index in [0.29, 0.717) is 6.04 Å². The molecule has 2 aromatic rings. The highest BCUT2D eigenvalue weighted by Gasteiger charge is 2.28. The van der Waals surface area contributed by atoms with Crippen molar-refractivity contribution < 1.29 is 4.39 Å². The molecule has 1 unspecified atom stereocenters. The molecule has 0 bridgehead atoms. The van der Waals surface area contributed by atoms with E-state index in [0.717, 1.165) is 29.0 Å². The molecule has 1 fully saturated rings. The van der Waals surface area contributed by atoms with Gasteiger partial charge in [0.25, 0.3) is 0 Å². The number of imidazole rings is 1. The molecule has 2 N–H and O–H groups in total. The average molecular weight is 375 g/mol. The Morgan fingerprint density at radius 1 is 1.24 bits per heavy atom. The largest absolute Gasteiger partial charge is 0.347 e. The summed E-state index contributed by atoms with van der Waals surface area (Å²) in [6.07, 6.45) is 5.39. The van der Waals surface area contributed by atoms with Gasteiger partial charge in [-0.2, -0.15) is 0 Å². The fourth-order valence-electron chi connectivity index (χ4n) is 2.89. The molecule has 2 heterocycles. The molecule has 1 aromatic carbocycles. The van der Waals surface area contributed by atoms with Gasteiger partial charge in [-0.05, 0) is 53.0 Å². The van der Waals surface area contributed by atoms with E-state index in [1.54, 1.807) is 0 Å². The van der Waals surface area contributed by atoms with Crippen LogP contribution in [0.25, 0.3) is 0 Å². The normalized spacial score (nSPS) is 19.8. The third-order valence-corrected chi connectivity index (χ3v) is 4.25. The zero-order valence-corrected chi connectivity index (χ0v) is 13.9. The maximum absolute atomic E-state index is 13.2. The van der Waals surface area contributed by atoms with E-state index in [9.17, 15) is 4.39 Å². The molecule has 114 valence electrons. The van der Waals surface area contributed by atoms with Gasteiger partial charge < -0.3 is 10.3 Å². The molecule has 3 rings (SSSR count). The molecule has 1 saturated heterocycles. The monoisotopic (exact) mass is 373 g/mol. The number of nitrogens with one attached hydrogen (secondary N) is 2. The Kier molecular flexibility index (Phi) is 5.79. The first-order valence-electron chi connectivity index (χ1n) is 6.94. The Bertz CT molecular complexity index is 567. The zero-order valence-electron chi connectivity index (χ0n) is 11.5. The van der Waals surface area contributed by atoms with Crippen LogP contribution in [0.4, 0.5) is 4.39 Å². The summed E-state index contributed by atoms with van der Waals surface area (Å²) in [7, 11) is 0. The summed E-state index contributed by atoms with van der Waals surface area (Å²) in [5.74, 6) is 0.842. The summed E-state index contributed by atoms with van der Waals surface area (Å²) in [6, 6.07) is 7.08. The number of hydrogen-bond acceptors (Lipinski definition) is 2. The van der Waals surface area contributed by atoms with Crippen molar-refractivity contribution in [3.63, 3.8) is 0 Å². The first kappa shape index (κ1) is 16.5. The Morgan fingerprint density at radius 2 is 2.00 bits per heavy atom. The van der Waals surface area contributed by atoms with Gasteiger partial charge >= 0.3 is 0 Å². The highest BCUT2D eigenvalue weighted by Crippen LogP contribution is 2.30. The Morgan fingerprint density at radius 3 is 2.57 bits per heavy atom. The smallest absolute Gasteiger partial charge is 0.124 e. The number of hydrogen-bond donors (Lipinski definition) is 2. The van der Waals surface area contributed by atoms with E-state index in [2.05, 4.69) is 31.2 Å².